The first-order valence-corrected chi connectivity index (χ1v) is 6.35. The summed E-state index contributed by atoms with van der Waals surface area (Å²) >= 11 is 0. The van der Waals surface area contributed by atoms with Crippen molar-refractivity contribution in [2.75, 3.05) is 26.8 Å². The van der Waals surface area contributed by atoms with Crippen LogP contribution in [0.5, 0.6) is 11.5 Å². The number of hydrogen-bond donors (Lipinski definition) is 1. The van der Waals surface area contributed by atoms with E-state index in [9.17, 15) is 9.59 Å². The first-order valence-electron chi connectivity index (χ1n) is 6.35. The van der Waals surface area contributed by atoms with E-state index in [1.54, 1.807) is 23.1 Å². The van der Waals surface area contributed by atoms with Gasteiger partial charge in [0.2, 0.25) is 0 Å². The minimum atomic E-state index is -1.07. The number of methoxy groups -OCH3 is 1. The predicted molar refractivity (Wildman–Crippen MR) is 73.4 cm³/mol. The quantitative estimate of drug-likeness (QED) is 0.822. The molecule has 0 aliphatic carbocycles. The Morgan fingerprint density at radius 3 is 2.35 bits per heavy atom. The van der Waals surface area contributed by atoms with Crippen molar-refractivity contribution in [1.82, 2.24) is 4.90 Å². The summed E-state index contributed by atoms with van der Waals surface area (Å²) in [6.45, 7) is 4.59. The van der Waals surface area contributed by atoms with Gasteiger partial charge in [-0.1, -0.05) is 0 Å². The van der Waals surface area contributed by atoms with Gasteiger partial charge in [0.15, 0.2) is 18.1 Å². The molecule has 0 saturated carbocycles. The summed E-state index contributed by atoms with van der Waals surface area (Å²) in [7, 11) is 1.44. The molecule has 110 valence electrons. The van der Waals surface area contributed by atoms with Crippen LogP contribution in [0.25, 0.3) is 0 Å². The van der Waals surface area contributed by atoms with Gasteiger partial charge < -0.3 is 19.5 Å². The molecule has 0 aromatic heterocycles. The largest absolute Gasteiger partial charge is 0.493 e. The lowest BCUT2D eigenvalue weighted by atomic mass is 10.1. The van der Waals surface area contributed by atoms with Crippen molar-refractivity contribution in [2.24, 2.45) is 0 Å². The molecule has 0 fully saturated rings. The number of carbonyl (C=O) groups is 2. The van der Waals surface area contributed by atoms with E-state index in [2.05, 4.69) is 0 Å². The number of carboxylic acids is 1. The normalized spacial score (nSPS) is 9.95. The van der Waals surface area contributed by atoms with Crippen LogP contribution in [-0.4, -0.2) is 48.7 Å². The molecule has 1 aromatic carbocycles. The van der Waals surface area contributed by atoms with Crippen molar-refractivity contribution in [3.05, 3.63) is 23.8 Å². The fraction of sp³-hybridized carbons (Fsp3) is 0.429. The molecule has 20 heavy (non-hydrogen) atoms. The number of benzene rings is 1. The van der Waals surface area contributed by atoms with Crippen molar-refractivity contribution in [1.29, 1.82) is 0 Å². The van der Waals surface area contributed by atoms with Gasteiger partial charge in [-0.15, -0.1) is 0 Å². The third-order valence-electron chi connectivity index (χ3n) is 2.81. The van der Waals surface area contributed by atoms with Crippen LogP contribution in [-0.2, 0) is 4.79 Å². The van der Waals surface area contributed by atoms with Crippen molar-refractivity contribution in [3.8, 4) is 11.5 Å². The number of amides is 1. The Balaban J connectivity index is 2.96. The molecular formula is C14H19NO5. The smallest absolute Gasteiger partial charge is 0.341 e. The Bertz CT molecular complexity index is 482. The minimum absolute atomic E-state index is 0.0990. The highest BCUT2D eigenvalue weighted by Crippen LogP contribution is 2.28. The molecule has 0 aliphatic heterocycles. The average molecular weight is 281 g/mol. The highest BCUT2D eigenvalue weighted by atomic mass is 16.5. The van der Waals surface area contributed by atoms with Crippen LogP contribution in [0.3, 0.4) is 0 Å². The maximum atomic E-state index is 12.2. The zero-order chi connectivity index (χ0) is 15.1. The van der Waals surface area contributed by atoms with Crippen molar-refractivity contribution < 1.29 is 24.2 Å². The Morgan fingerprint density at radius 2 is 1.85 bits per heavy atom. The molecule has 6 heteroatoms. The third kappa shape index (κ3) is 3.88. The second-order valence-electron chi connectivity index (χ2n) is 4.03. The first kappa shape index (κ1) is 15.8. The molecule has 1 aromatic rings. The van der Waals surface area contributed by atoms with E-state index in [0.29, 0.717) is 30.2 Å². The number of rotatable bonds is 7. The highest BCUT2D eigenvalue weighted by Gasteiger charge is 2.15. The number of ether oxygens (including phenoxy) is 2. The highest BCUT2D eigenvalue weighted by molar-refractivity contribution is 5.94. The van der Waals surface area contributed by atoms with Gasteiger partial charge >= 0.3 is 5.97 Å². The topological polar surface area (TPSA) is 76.1 Å². The Morgan fingerprint density at radius 1 is 1.20 bits per heavy atom. The van der Waals surface area contributed by atoms with E-state index >= 15 is 0 Å². The van der Waals surface area contributed by atoms with Crippen molar-refractivity contribution in [3.63, 3.8) is 0 Å². The summed E-state index contributed by atoms with van der Waals surface area (Å²) in [5.74, 6) is -0.538. The second-order valence-corrected chi connectivity index (χ2v) is 4.03. The third-order valence-corrected chi connectivity index (χ3v) is 2.81. The van der Waals surface area contributed by atoms with E-state index in [0.717, 1.165) is 0 Å². The molecule has 0 radical (unpaired) electrons. The number of aliphatic carboxylic acids is 1. The minimum Gasteiger partial charge on any atom is -0.493 e. The number of nitrogens with zero attached hydrogens (tertiary/aromatic N) is 1. The van der Waals surface area contributed by atoms with Gasteiger partial charge in [-0.25, -0.2) is 4.79 Å². The molecule has 0 bridgehead atoms. The summed E-state index contributed by atoms with van der Waals surface area (Å²) in [6, 6.07) is 4.69. The van der Waals surface area contributed by atoms with Crippen LogP contribution < -0.4 is 9.47 Å². The Kier molecular flexibility index (Phi) is 5.83. The van der Waals surface area contributed by atoms with Gasteiger partial charge in [0.1, 0.15) is 0 Å². The van der Waals surface area contributed by atoms with Gasteiger partial charge in [-0.05, 0) is 32.0 Å². The summed E-state index contributed by atoms with van der Waals surface area (Å²) < 4.78 is 10.2. The number of hydrogen-bond acceptors (Lipinski definition) is 4. The molecular weight excluding hydrogens is 262 g/mol. The molecule has 1 rings (SSSR count). The maximum Gasteiger partial charge on any atom is 0.341 e. The molecule has 0 heterocycles. The fourth-order valence-electron chi connectivity index (χ4n) is 1.75. The lowest BCUT2D eigenvalue weighted by molar-refractivity contribution is -0.139. The van der Waals surface area contributed by atoms with Crippen LogP contribution in [0.4, 0.5) is 0 Å². The van der Waals surface area contributed by atoms with Gasteiger partial charge in [-0.2, -0.15) is 0 Å². The Labute approximate surface area is 117 Å². The van der Waals surface area contributed by atoms with Crippen LogP contribution in [0.15, 0.2) is 18.2 Å². The van der Waals surface area contributed by atoms with E-state index in [1.807, 2.05) is 13.8 Å². The van der Waals surface area contributed by atoms with E-state index < -0.39 is 12.6 Å². The molecule has 1 N–H and O–H groups in total. The predicted octanol–water partition coefficient (Wildman–Crippen LogP) is 1.64. The van der Waals surface area contributed by atoms with Crippen LogP contribution in [0, 0.1) is 0 Å². The van der Waals surface area contributed by atoms with E-state index in [4.69, 9.17) is 14.6 Å². The lowest BCUT2D eigenvalue weighted by Gasteiger charge is -2.19. The van der Waals surface area contributed by atoms with Gasteiger partial charge in [-0.3, -0.25) is 4.79 Å². The number of carbonyl (C=O) groups excluding carboxylic acids is 1. The van der Waals surface area contributed by atoms with E-state index in [1.165, 1.54) is 7.11 Å². The lowest BCUT2D eigenvalue weighted by Crippen LogP contribution is -2.30. The van der Waals surface area contributed by atoms with Gasteiger partial charge in [0.25, 0.3) is 5.91 Å². The van der Waals surface area contributed by atoms with Crippen molar-refractivity contribution >= 4 is 11.9 Å². The standard InChI is InChI=1S/C14H19NO5/c1-4-15(5-2)14(18)10-6-7-11(12(8-10)19-3)20-9-13(16)17/h6-8H,4-5,9H2,1-3H3,(H,16,17). The maximum absolute atomic E-state index is 12.2. The SMILES string of the molecule is CCN(CC)C(=O)c1ccc(OCC(=O)O)c(OC)c1. The molecule has 0 atom stereocenters. The molecule has 0 unspecified atom stereocenters. The molecule has 1 amide bonds. The molecule has 0 saturated heterocycles. The monoisotopic (exact) mass is 281 g/mol. The Hall–Kier alpha value is -2.24. The summed E-state index contributed by atoms with van der Waals surface area (Å²) in [4.78, 5) is 24.4. The average Bonchev–Trinajstić information content (AvgIpc) is 2.45. The van der Waals surface area contributed by atoms with Crippen LogP contribution in [0.2, 0.25) is 0 Å². The zero-order valence-corrected chi connectivity index (χ0v) is 11.9. The zero-order valence-electron chi connectivity index (χ0n) is 11.9. The van der Waals surface area contributed by atoms with Crippen molar-refractivity contribution in [2.45, 2.75) is 13.8 Å². The summed E-state index contributed by atoms with van der Waals surface area (Å²) in [5.41, 5.74) is 0.480. The molecule has 0 aliphatic rings. The summed E-state index contributed by atoms with van der Waals surface area (Å²) in [5, 5.41) is 8.59. The van der Waals surface area contributed by atoms with Gasteiger partial charge in [0, 0.05) is 18.7 Å². The van der Waals surface area contributed by atoms with Crippen LogP contribution >= 0.6 is 0 Å². The molecule has 6 nitrogen and oxygen atoms in total. The molecule has 0 spiro atoms. The fourth-order valence-corrected chi connectivity index (χ4v) is 1.75. The van der Waals surface area contributed by atoms with Gasteiger partial charge in [0.05, 0.1) is 7.11 Å². The summed E-state index contributed by atoms with van der Waals surface area (Å²) in [6.07, 6.45) is 0. The van der Waals surface area contributed by atoms with Crippen LogP contribution in [0.1, 0.15) is 24.2 Å². The second kappa shape index (κ2) is 7.37. The van der Waals surface area contributed by atoms with E-state index in [-0.39, 0.29) is 5.91 Å². The first-order chi connectivity index (χ1) is 9.53. The number of carboxylic acid groups (broad SMARTS) is 1.